The van der Waals surface area contributed by atoms with Crippen LogP contribution in [0.15, 0.2) is 0 Å². The molecular formula is C15H21ClN2O4. The first-order chi connectivity index (χ1) is 10.1. The number of ether oxygens (including phenoxy) is 1. The highest BCUT2D eigenvalue weighted by Gasteiger charge is 2.23. The number of amides is 1. The van der Waals surface area contributed by atoms with E-state index in [4.69, 9.17) is 16.3 Å². The molecule has 0 fully saturated rings. The third kappa shape index (κ3) is 4.59. The van der Waals surface area contributed by atoms with Gasteiger partial charge in [0.2, 0.25) is 0 Å². The van der Waals surface area contributed by atoms with Crippen molar-refractivity contribution in [2.24, 2.45) is 0 Å². The molecule has 1 aromatic heterocycles. The zero-order valence-electron chi connectivity index (χ0n) is 13.4. The van der Waals surface area contributed by atoms with E-state index in [9.17, 15) is 14.4 Å². The summed E-state index contributed by atoms with van der Waals surface area (Å²) < 4.78 is 5.14. The lowest BCUT2D eigenvalue weighted by Gasteiger charge is -2.19. The Labute approximate surface area is 134 Å². The number of rotatable bonds is 5. The first-order valence-corrected chi connectivity index (χ1v) is 7.38. The van der Waals surface area contributed by atoms with Crippen molar-refractivity contribution in [2.75, 3.05) is 5.88 Å². The molecule has 22 heavy (non-hydrogen) atoms. The minimum Gasteiger partial charge on any atom is -0.444 e. The number of aryl methyl sites for hydroxylation is 1. The van der Waals surface area contributed by atoms with Crippen molar-refractivity contribution in [1.29, 1.82) is 0 Å². The van der Waals surface area contributed by atoms with E-state index in [0.29, 0.717) is 16.8 Å². The Hall–Kier alpha value is -1.82. The lowest BCUT2D eigenvalue weighted by molar-refractivity contribution is 0.0522. The standard InChI is InChI=1S/C15H21ClN2O4/c1-8-12(9(2)19)10(13(18-8)11(20)6-16)7-17-14(21)22-15(3,4)5/h18H,6-7H2,1-5H3,(H,17,21). The van der Waals surface area contributed by atoms with Crippen LogP contribution in [0.25, 0.3) is 0 Å². The molecule has 1 heterocycles. The minimum atomic E-state index is -0.629. The summed E-state index contributed by atoms with van der Waals surface area (Å²) in [5.74, 6) is -0.738. The van der Waals surface area contributed by atoms with Crippen LogP contribution < -0.4 is 5.32 Å². The maximum absolute atomic E-state index is 11.9. The second-order valence-corrected chi connectivity index (χ2v) is 6.21. The molecule has 1 amide bonds. The highest BCUT2D eigenvalue weighted by Crippen LogP contribution is 2.21. The largest absolute Gasteiger partial charge is 0.444 e. The first-order valence-electron chi connectivity index (χ1n) is 6.85. The van der Waals surface area contributed by atoms with Gasteiger partial charge in [-0.25, -0.2) is 4.79 Å². The molecule has 7 heteroatoms. The number of alkyl carbamates (subject to hydrolysis) is 1. The van der Waals surface area contributed by atoms with E-state index in [2.05, 4.69) is 10.3 Å². The third-order valence-electron chi connectivity index (χ3n) is 2.85. The van der Waals surface area contributed by atoms with Gasteiger partial charge in [0, 0.05) is 23.4 Å². The van der Waals surface area contributed by atoms with E-state index in [1.807, 2.05) is 0 Å². The van der Waals surface area contributed by atoms with E-state index in [1.165, 1.54) is 6.92 Å². The number of hydrogen-bond acceptors (Lipinski definition) is 4. The molecule has 0 aromatic carbocycles. The van der Waals surface area contributed by atoms with Gasteiger partial charge in [0.25, 0.3) is 0 Å². The minimum absolute atomic E-state index is 0.00608. The number of aromatic nitrogens is 1. The van der Waals surface area contributed by atoms with E-state index < -0.39 is 11.7 Å². The van der Waals surface area contributed by atoms with Gasteiger partial charge in [0.1, 0.15) is 5.60 Å². The highest BCUT2D eigenvalue weighted by atomic mass is 35.5. The number of hydrogen-bond donors (Lipinski definition) is 2. The molecule has 1 rings (SSSR count). The highest BCUT2D eigenvalue weighted by molar-refractivity contribution is 6.30. The molecule has 2 N–H and O–H groups in total. The molecule has 0 spiro atoms. The Morgan fingerprint density at radius 1 is 1.27 bits per heavy atom. The van der Waals surface area contributed by atoms with Crippen LogP contribution in [0.2, 0.25) is 0 Å². The molecular weight excluding hydrogens is 308 g/mol. The summed E-state index contributed by atoms with van der Waals surface area (Å²) in [4.78, 5) is 38.3. The second-order valence-electron chi connectivity index (χ2n) is 5.95. The molecule has 0 saturated carbocycles. The molecule has 0 aliphatic rings. The molecule has 1 aromatic rings. The Kier molecular flexibility index (Phi) is 5.77. The lowest BCUT2D eigenvalue weighted by atomic mass is 10.0. The lowest BCUT2D eigenvalue weighted by Crippen LogP contribution is -2.32. The van der Waals surface area contributed by atoms with Crippen LogP contribution in [0.4, 0.5) is 4.79 Å². The van der Waals surface area contributed by atoms with Crippen LogP contribution in [-0.4, -0.2) is 34.1 Å². The fourth-order valence-corrected chi connectivity index (χ4v) is 2.24. The third-order valence-corrected chi connectivity index (χ3v) is 3.09. The van der Waals surface area contributed by atoms with Crippen LogP contribution in [-0.2, 0) is 11.3 Å². The zero-order chi connectivity index (χ0) is 17.1. The monoisotopic (exact) mass is 328 g/mol. The van der Waals surface area contributed by atoms with Crippen LogP contribution >= 0.6 is 11.6 Å². The Morgan fingerprint density at radius 3 is 2.32 bits per heavy atom. The van der Waals surface area contributed by atoms with Crippen molar-refractivity contribution in [3.05, 3.63) is 22.5 Å². The van der Waals surface area contributed by atoms with E-state index in [0.717, 1.165) is 0 Å². The summed E-state index contributed by atoms with van der Waals surface area (Å²) in [5.41, 5.74) is 1.01. The SMILES string of the molecule is CC(=O)c1c(C)[nH]c(C(=O)CCl)c1CNC(=O)OC(C)(C)C. The number of aromatic amines is 1. The first kappa shape index (κ1) is 18.2. The second kappa shape index (κ2) is 6.96. The summed E-state index contributed by atoms with van der Waals surface area (Å²) in [7, 11) is 0. The van der Waals surface area contributed by atoms with Crippen LogP contribution in [0.3, 0.4) is 0 Å². The number of carbonyl (C=O) groups is 3. The van der Waals surface area contributed by atoms with E-state index >= 15 is 0 Å². The topological polar surface area (TPSA) is 88.3 Å². The van der Waals surface area contributed by atoms with Gasteiger partial charge in [-0.1, -0.05) is 0 Å². The maximum Gasteiger partial charge on any atom is 0.407 e. The van der Waals surface area contributed by atoms with Crippen molar-refractivity contribution >= 4 is 29.3 Å². The van der Waals surface area contributed by atoms with Gasteiger partial charge in [-0.2, -0.15) is 0 Å². The van der Waals surface area contributed by atoms with Gasteiger partial charge < -0.3 is 15.0 Å². The summed E-state index contributed by atoms with van der Waals surface area (Å²) in [6, 6.07) is 0. The molecule has 122 valence electrons. The predicted octanol–water partition coefficient (Wildman–Crippen LogP) is 2.97. The molecule has 0 bridgehead atoms. The quantitative estimate of drug-likeness (QED) is 0.642. The normalized spacial score (nSPS) is 11.2. The predicted molar refractivity (Wildman–Crippen MR) is 83.7 cm³/mol. The van der Waals surface area contributed by atoms with Crippen LogP contribution in [0.5, 0.6) is 0 Å². The van der Waals surface area contributed by atoms with Gasteiger partial charge in [-0.05, 0) is 34.6 Å². The molecule has 6 nitrogen and oxygen atoms in total. The maximum atomic E-state index is 11.9. The van der Waals surface area contributed by atoms with Crippen LogP contribution in [0, 0.1) is 6.92 Å². The molecule has 0 saturated heterocycles. The van der Waals surface area contributed by atoms with Crippen molar-refractivity contribution < 1.29 is 19.1 Å². The summed E-state index contributed by atoms with van der Waals surface area (Å²) in [6.07, 6.45) is -0.620. The Balaban J connectivity index is 3.04. The smallest absolute Gasteiger partial charge is 0.407 e. The fraction of sp³-hybridized carbons (Fsp3) is 0.533. The molecule has 0 radical (unpaired) electrons. The van der Waals surface area contributed by atoms with E-state index in [-0.39, 0.29) is 29.7 Å². The number of alkyl halides is 1. The molecule has 0 aliphatic heterocycles. The fourth-order valence-electron chi connectivity index (χ4n) is 2.11. The van der Waals surface area contributed by atoms with Crippen LogP contribution in [0.1, 0.15) is 59.8 Å². The van der Waals surface area contributed by atoms with Gasteiger partial charge in [0.05, 0.1) is 11.6 Å². The van der Waals surface area contributed by atoms with Crippen molar-refractivity contribution in [3.63, 3.8) is 0 Å². The summed E-state index contributed by atoms with van der Waals surface area (Å²) in [5, 5.41) is 2.55. The van der Waals surface area contributed by atoms with Gasteiger partial charge in [-0.15, -0.1) is 11.6 Å². The Bertz CT molecular complexity index is 599. The average Bonchev–Trinajstić information content (AvgIpc) is 2.70. The van der Waals surface area contributed by atoms with E-state index in [1.54, 1.807) is 27.7 Å². The summed E-state index contributed by atoms with van der Waals surface area (Å²) >= 11 is 5.58. The number of nitrogens with one attached hydrogen (secondary N) is 2. The number of carbonyl (C=O) groups excluding carboxylic acids is 3. The van der Waals surface area contributed by atoms with Gasteiger partial charge in [0.15, 0.2) is 11.6 Å². The van der Waals surface area contributed by atoms with Gasteiger partial charge in [-0.3, -0.25) is 9.59 Å². The zero-order valence-corrected chi connectivity index (χ0v) is 14.2. The average molecular weight is 329 g/mol. The number of halogens is 1. The van der Waals surface area contributed by atoms with Gasteiger partial charge >= 0.3 is 6.09 Å². The van der Waals surface area contributed by atoms with Crippen molar-refractivity contribution in [3.8, 4) is 0 Å². The molecule has 0 aliphatic carbocycles. The molecule has 0 atom stereocenters. The molecule has 0 unspecified atom stereocenters. The number of ketones is 2. The number of Topliss-reactive ketones (excluding diaryl/α,β-unsaturated/α-hetero) is 2. The summed E-state index contributed by atoms with van der Waals surface area (Å²) in [6.45, 7) is 8.34. The van der Waals surface area contributed by atoms with Crippen molar-refractivity contribution in [1.82, 2.24) is 10.3 Å². The number of H-pyrrole nitrogens is 1. The Morgan fingerprint density at radius 2 is 1.86 bits per heavy atom. The van der Waals surface area contributed by atoms with Crippen molar-refractivity contribution in [2.45, 2.75) is 46.8 Å².